The van der Waals surface area contributed by atoms with E-state index in [1.807, 2.05) is 0 Å². The van der Waals surface area contributed by atoms with E-state index in [0.29, 0.717) is 11.8 Å². The highest BCUT2D eigenvalue weighted by molar-refractivity contribution is 5.80. The molecule has 0 saturated heterocycles. The van der Waals surface area contributed by atoms with Gasteiger partial charge in [-0.1, -0.05) is 60.6 Å². The highest BCUT2D eigenvalue weighted by Gasteiger charge is 2.67. The van der Waals surface area contributed by atoms with Gasteiger partial charge >= 0.3 is 11.9 Å². The number of hydrogen-bond donors (Lipinski definition) is 1. The van der Waals surface area contributed by atoms with Crippen molar-refractivity contribution in [2.24, 2.45) is 44.3 Å². The van der Waals surface area contributed by atoms with E-state index in [4.69, 9.17) is 4.74 Å². The Bertz CT molecular complexity index is 1050. The van der Waals surface area contributed by atoms with E-state index in [-0.39, 0.29) is 39.1 Å². The summed E-state index contributed by atoms with van der Waals surface area (Å²) >= 11 is 0. The first-order chi connectivity index (χ1) is 16.5. The molecule has 5 aliphatic carbocycles. The van der Waals surface area contributed by atoms with Crippen molar-refractivity contribution in [1.82, 2.24) is 0 Å². The number of carbonyl (C=O) groups is 2. The molecule has 4 heteroatoms. The Kier molecular flexibility index (Phi) is 5.59. The Hall–Kier alpha value is -1.58. The van der Waals surface area contributed by atoms with E-state index in [0.717, 1.165) is 57.8 Å². The van der Waals surface area contributed by atoms with Crippen molar-refractivity contribution < 1.29 is 19.4 Å². The summed E-state index contributed by atoms with van der Waals surface area (Å²) < 4.78 is 5.86. The Morgan fingerprint density at radius 3 is 2.22 bits per heavy atom. The van der Waals surface area contributed by atoms with Gasteiger partial charge in [-0.05, 0) is 102 Å². The first-order valence-electron chi connectivity index (χ1n) is 14.4. The number of aliphatic carboxylic acids is 1. The second-order valence-electron chi connectivity index (χ2n) is 15.3. The number of carbonyl (C=O) groups excluding carboxylic acids is 1. The van der Waals surface area contributed by atoms with Crippen LogP contribution in [0.4, 0.5) is 0 Å². The molecule has 0 bridgehead atoms. The van der Waals surface area contributed by atoms with E-state index in [9.17, 15) is 14.7 Å². The zero-order chi connectivity index (χ0) is 26.5. The lowest BCUT2D eigenvalue weighted by Crippen LogP contribution is -2.63. The maximum Gasteiger partial charge on any atom is 0.313 e. The third kappa shape index (κ3) is 3.24. The Balaban J connectivity index is 1.62. The molecule has 4 nitrogen and oxygen atoms in total. The molecule has 3 saturated carbocycles. The molecule has 0 amide bonds. The fourth-order valence-electron chi connectivity index (χ4n) is 10.3. The van der Waals surface area contributed by atoms with Gasteiger partial charge < -0.3 is 9.84 Å². The smallest absolute Gasteiger partial charge is 0.313 e. The number of fused-ring (bicyclic) bond motifs is 6. The van der Waals surface area contributed by atoms with Crippen LogP contribution in [0.1, 0.15) is 113 Å². The standard InChI is InChI=1S/C32H48O4/c1-20(33)36-25-12-13-29(6)23(28(25,4)5)11-14-31(8)24(29)10-9-21-22-19-27(2,3)15-17-32(22,26(34)35)18-16-30(21,31)7/h9-10,23-25H,11-19H2,1-8H3,(H,34,35)/t23-,24+,25-,29-,30+,31+,32-/m0/s1. The van der Waals surface area contributed by atoms with Gasteiger partial charge in [0.2, 0.25) is 0 Å². The van der Waals surface area contributed by atoms with Gasteiger partial charge in [0.25, 0.3) is 0 Å². The van der Waals surface area contributed by atoms with E-state index >= 15 is 0 Å². The SMILES string of the molecule is CC(=O)O[C@H]1CC[C@]2(C)[C@H]3C=CC4=C5CC(C)(C)CC[C@]5(C(=O)O)CC[C@@]4(C)[C@]3(C)CC[C@H]2C1(C)C. The summed E-state index contributed by atoms with van der Waals surface area (Å²) in [6.45, 7) is 18.3. The molecule has 0 aromatic heterocycles. The van der Waals surface area contributed by atoms with E-state index in [2.05, 4.69) is 60.6 Å². The van der Waals surface area contributed by atoms with Crippen molar-refractivity contribution in [3.63, 3.8) is 0 Å². The molecular weight excluding hydrogens is 448 g/mol. The zero-order valence-electron chi connectivity index (χ0n) is 23.9. The van der Waals surface area contributed by atoms with Gasteiger partial charge in [0, 0.05) is 12.3 Å². The minimum Gasteiger partial charge on any atom is -0.481 e. The van der Waals surface area contributed by atoms with Gasteiger partial charge in [-0.15, -0.1) is 0 Å². The second kappa shape index (κ2) is 7.73. The molecule has 200 valence electrons. The van der Waals surface area contributed by atoms with Crippen molar-refractivity contribution in [1.29, 1.82) is 0 Å². The maximum atomic E-state index is 12.8. The molecular formula is C32H48O4. The van der Waals surface area contributed by atoms with Gasteiger partial charge in [-0.2, -0.15) is 0 Å². The van der Waals surface area contributed by atoms with Crippen molar-refractivity contribution in [3.05, 3.63) is 23.3 Å². The number of hydrogen-bond acceptors (Lipinski definition) is 3. The van der Waals surface area contributed by atoms with Crippen LogP contribution in [0.5, 0.6) is 0 Å². The summed E-state index contributed by atoms with van der Waals surface area (Å²) in [7, 11) is 0. The molecule has 0 aromatic carbocycles. The molecule has 36 heavy (non-hydrogen) atoms. The Labute approximate surface area is 218 Å². The lowest BCUT2D eigenvalue weighted by Gasteiger charge is -2.69. The number of carboxylic acids is 1. The summed E-state index contributed by atoms with van der Waals surface area (Å²) in [5.74, 6) is 0.145. The number of ether oxygens (including phenoxy) is 1. The number of esters is 1. The predicted octanol–water partition coefficient (Wildman–Crippen LogP) is 7.72. The highest BCUT2D eigenvalue weighted by atomic mass is 16.5. The van der Waals surface area contributed by atoms with Crippen LogP contribution >= 0.6 is 0 Å². The van der Waals surface area contributed by atoms with Crippen LogP contribution in [0, 0.1) is 44.3 Å². The van der Waals surface area contributed by atoms with Crippen LogP contribution in [-0.4, -0.2) is 23.1 Å². The lowest BCUT2D eigenvalue weighted by atomic mass is 9.35. The normalized spacial score (nSPS) is 46.6. The van der Waals surface area contributed by atoms with Crippen LogP contribution in [0.15, 0.2) is 23.3 Å². The fraction of sp³-hybridized carbons (Fsp3) is 0.812. The molecule has 0 aromatic rings. The lowest BCUT2D eigenvalue weighted by molar-refractivity contribution is -0.198. The zero-order valence-corrected chi connectivity index (χ0v) is 23.9. The van der Waals surface area contributed by atoms with E-state index in [1.54, 1.807) is 0 Å². The quantitative estimate of drug-likeness (QED) is 0.397. The molecule has 0 aliphatic heterocycles. The second-order valence-corrected chi connectivity index (χ2v) is 15.3. The third-order valence-electron chi connectivity index (χ3n) is 12.7. The van der Waals surface area contributed by atoms with Crippen LogP contribution in [0.25, 0.3) is 0 Å². The topological polar surface area (TPSA) is 63.6 Å². The molecule has 5 aliphatic rings. The molecule has 0 unspecified atom stereocenters. The Morgan fingerprint density at radius 1 is 0.917 bits per heavy atom. The summed E-state index contributed by atoms with van der Waals surface area (Å²) in [6.07, 6.45) is 13.5. The summed E-state index contributed by atoms with van der Waals surface area (Å²) in [6, 6.07) is 0. The molecule has 1 N–H and O–H groups in total. The molecule has 5 rings (SSSR count). The number of carboxylic acid groups (broad SMARTS) is 1. The monoisotopic (exact) mass is 496 g/mol. The average molecular weight is 497 g/mol. The molecule has 0 spiro atoms. The first-order valence-corrected chi connectivity index (χ1v) is 14.4. The Morgan fingerprint density at radius 2 is 1.58 bits per heavy atom. The largest absolute Gasteiger partial charge is 0.481 e. The number of rotatable bonds is 2. The maximum absolute atomic E-state index is 12.8. The van der Waals surface area contributed by atoms with Crippen LogP contribution in [0.2, 0.25) is 0 Å². The van der Waals surface area contributed by atoms with E-state index in [1.165, 1.54) is 18.1 Å². The summed E-state index contributed by atoms with van der Waals surface area (Å²) in [5.41, 5.74) is 2.21. The van der Waals surface area contributed by atoms with E-state index < -0.39 is 11.4 Å². The van der Waals surface area contributed by atoms with Crippen LogP contribution in [0.3, 0.4) is 0 Å². The minimum absolute atomic E-state index is 0.0149. The van der Waals surface area contributed by atoms with Gasteiger partial charge in [-0.25, -0.2) is 0 Å². The number of allylic oxidation sites excluding steroid dienone is 3. The predicted molar refractivity (Wildman–Crippen MR) is 142 cm³/mol. The van der Waals surface area contributed by atoms with Gasteiger partial charge in [0.05, 0.1) is 5.41 Å². The molecule has 0 radical (unpaired) electrons. The van der Waals surface area contributed by atoms with Crippen molar-refractivity contribution in [2.45, 2.75) is 119 Å². The fourth-order valence-corrected chi connectivity index (χ4v) is 10.3. The van der Waals surface area contributed by atoms with Crippen molar-refractivity contribution in [2.75, 3.05) is 0 Å². The first kappa shape index (κ1) is 26.0. The molecule has 0 heterocycles. The van der Waals surface area contributed by atoms with Crippen molar-refractivity contribution in [3.8, 4) is 0 Å². The summed E-state index contributed by atoms with van der Waals surface area (Å²) in [4.78, 5) is 24.7. The minimum atomic E-state index is -0.677. The third-order valence-corrected chi connectivity index (χ3v) is 12.7. The van der Waals surface area contributed by atoms with Gasteiger partial charge in [0.1, 0.15) is 6.10 Å². The summed E-state index contributed by atoms with van der Waals surface area (Å²) in [5, 5.41) is 10.5. The van der Waals surface area contributed by atoms with Crippen molar-refractivity contribution >= 4 is 11.9 Å². The molecule has 7 atom stereocenters. The van der Waals surface area contributed by atoms with Crippen LogP contribution < -0.4 is 0 Å². The average Bonchev–Trinajstić information content (AvgIpc) is 2.75. The van der Waals surface area contributed by atoms with Gasteiger partial charge in [-0.3, -0.25) is 9.59 Å². The van der Waals surface area contributed by atoms with Gasteiger partial charge in [0.15, 0.2) is 0 Å². The van der Waals surface area contributed by atoms with Crippen LogP contribution in [-0.2, 0) is 14.3 Å². The highest BCUT2D eigenvalue weighted by Crippen LogP contribution is 2.74. The molecule has 3 fully saturated rings.